The molecule has 2 amide bonds. The molecule has 0 saturated carbocycles. The maximum atomic E-state index is 12.2. The predicted octanol–water partition coefficient (Wildman–Crippen LogP) is 3.89. The molecule has 0 aliphatic heterocycles. The van der Waals surface area contributed by atoms with Crippen molar-refractivity contribution in [2.75, 3.05) is 12.4 Å². The van der Waals surface area contributed by atoms with Gasteiger partial charge in [-0.1, -0.05) is 24.3 Å². The zero-order valence-corrected chi connectivity index (χ0v) is 12.6. The molecule has 4 nitrogen and oxygen atoms in total. The second kappa shape index (κ2) is 6.52. The van der Waals surface area contributed by atoms with Crippen molar-refractivity contribution in [2.24, 2.45) is 0 Å². The van der Waals surface area contributed by atoms with Crippen molar-refractivity contribution in [2.45, 2.75) is 25.3 Å². The van der Waals surface area contributed by atoms with Crippen molar-refractivity contribution in [3.8, 4) is 5.75 Å². The molecule has 0 unspecified atom stereocenters. The minimum atomic E-state index is -0.167. The molecule has 1 aliphatic carbocycles. The van der Waals surface area contributed by atoms with Gasteiger partial charge < -0.3 is 15.4 Å². The maximum absolute atomic E-state index is 12.2. The topological polar surface area (TPSA) is 50.4 Å². The highest BCUT2D eigenvalue weighted by Gasteiger charge is 2.22. The van der Waals surface area contributed by atoms with Gasteiger partial charge in [0.05, 0.1) is 13.2 Å². The molecule has 0 spiro atoms. The fraction of sp³-hybridized carbons (Fsp3) is 0.278. The van der Waals surface area contributed by atoms with E-state index in [0.29, 0.717) is 0 Å². The highest BCUT2D eigenvalue weighted by Crippen LogP contribution is 2.32. The van der Waals surface area contributed by atoms with E-state index in [9.17, 15) is 4.79 Å². The van der Waals surface area contributed by atoms with Gasteiger partial charge >= 0.3 is 6.03 Å². The van der Waals surface area contributed by atoms with Gasteiger partial charge in [-0.3, -0.25) is 0 Å². The van der Waals surface area contributed by atoms with Crippen LogP contribution in [0.2, 0.25) is 0 Å². The Balaban J connectivity index is 1.70. The molecular weight excluding hydrogens is 276 g/mol. The number of hydrogen-bond donors (Lipinski definition) is 2. The summed E-state index contributed by atoms with van der Waals surface area (Å²) in [4.78, 5) is 12.2. The summed E-state index contributed by atoms with van der Waals surface area (Å²) in [5.41, 5.74) is 3.25. The number of fused-ring (bicyclic) bond motifs is 1. The second-order valence-electron chi connectivity index (χ2n) is 5.47. The Kier molecular flexibility index (Phi) is 4.28. The number of ether oxygens (including phenoxy) is 1. The number of amides is 2. The average Bonchev–Trinajstić information content (AvgIpc) is 2.55. The number of carbonyl (C=O) groups is 1. The fourth-order valence-corrected chi connectivity index (χ4v) is 2.91. The molecule has 2 N–H and O–H groups in total. The molecule has 4 heteroatoms. The van der Waals surface area contributed by atoms with Crippen LogP contribution in [0.15, 0.2) is 48.5 Å². The summed E-state index contributed by atoms with van der Waals surface area (Å²) >= 11 is 0. The number of nitrogens with one attached hydrogen (secondary N) is 2. The van der Waals surface area contributed by atoms with Gasteiger partial charge in [0.1, 0.15) is 5.75 Å². The Morgan fingerprint density at radius 1 is 1.18 bits per heavy atom. The van der Waals surface area contributed by atoms with Crippen LogP contribution in [-0.2, 0) is 6.42 Å². The van der Waals surface area contributed by atoms with Gasteiger partial charge in [-0.2, -0.15) is 0 Å². The Bertz CT molecular complexity index is 655. The third-order valence-electron chi connectivity index (χ3n) is 4.00. The molecule has 0 fully saturated rings. The van der Waals surface area contributed by atoms with Crippen LogP contribution in [0.5, 0.6) is 5.75 Å². The molecule has 0 saturated heterocycles. The number of benzene rings is 2. The Labute approximate surface area is 130 Å². The SMILES string of the molecule is COc1ccc2c(c1)CCC[C@@H]2NC(=O)Nc1ccccc1. The summed E-state index contributed by atoms with van der Waals surface area (Å²) in [5.74, 6) is 0.869. The molecule has 1 aliphatic rings. The zero-order valence-electron chi connectivity index (χ0n) is 12.6. The van der Waals surface area contributed by atoms with Gasteiger partial charge in [0.15, 0.2) is 0 Å². The lowest BCUT2D eigenvalue weighted by molar-refractivity contribution is 0.247. The molecule has 0 bridgehead atoms. The summed E-state index contributed by atoms with van der Waals surface area (Å²) in [6.07, 6.45) is 3.06. The minimum Gasteiger partial charge on any atom is -0.497 e. The van der Waals surface area contributed by atoms with Crippen LogP contribution in [0.25, 0.3) is 0 Å². The number of para-hydroxylation sites is 1. The predicted molar refractivity (Wildman–Crippen MR) is 87.3 cm³/mol. The van der Waals surface area contributed by atoms with E-state index in [-0.39, 0.29) is 12.1 Å². The first-order valence-electron chi connectivity index (χ1n) is 7.55. The van der Waals surface area contributed by atoms with Gasteiger partial charge in [0.25, 0.3) is 0 Å². The van der Waals surface area contributed by atoms with E-state index >= 15 is 0 Å². The standard InChI is InChI=1S/C18H20N2O2/c1-22-15-10-11-16-13(12-15)6-5-9-17(16)20-18(21)19-14-7-3-2-4-8-14/h2-4,7-8,10-12,17H,5-6,9H2,1H3,(H2,19,20,21)/t17-/m0/s1. The highest BCUT2D eigenvalue weighted by molar-refractivity contribution is 5.89. The van der Waals surface area contributed by atoms with Gasteiger partial charge in [-0.05, 0) is 54.7 Å². The lowest BCUT2D eigenvalue weighted by atomic mass is 9.87. The van der Waals surface area contributed by atoms with Crippen LogP contribution in [0.3, 0.4) is 0 Å². The lowest BCUT2D eigenvalue weighted by Crippen LogP contribution is -2.34. The molecule has 1 atom stereocenters. The van der Waals surface area contributed by atoms with E-state index in [0.717, 1.165) is 30.7 Å². The largest absolute Gasteiger partial charge is 0.497 e. The first-order valence-corrected chi connectivity index (χ1v) is 7.55. The second-order valence-corrected chi connectivity index (χ2v) is 5.47. The van der Waals surface area contributed by atoms with Gasteiger partial charge in [-0.25, -0.2) is 4.79 Å². The van der Waals surface area contributed by atoms with Crippen molar-refractivity contribution >= 4 is 11.7 Å². The number of methoxy groups -OCH3 is 1. The van der Waals surface area contributed by atoms with Crippen LogP contribution >= 0.6 is 0 Å². The number of anilines is 1. The summed E-state index contributed by atoms with van der Waals surface area (Å²) in [6, 6.07) is 15.4. The van der Waals surface area contributed by atoms with Gasteiger partial charge in [-0.15, -0.1) is 0 Å². The molecule has 114 valence electrons. The van der Waals surface area contributed by atoms with E-state index in [1.807, 2.05) is 36.4 Å². The summed E-state index contributed by atoms with van der Waals surface area (Å²) in [5, 5.41) is 5.94. The van der Waals surface area contributed by atoms with E-state index < -0.39 is 0 Å². The van der Waals surface area contributed by atoms with Gasteiger partial charge in [0.2, 0.25) is 0 Å². The van der Waals surface area contributed by atoms with Crippen molar-refractivity contribution in [1.82, 2.24) is 5.32 Å². The monoisotopic (exact) mass is 296 g/mol. The van der Waals surface area contributed by atoms with Crippen LogP contribution in [-0.4, -0.2) is 13.1 Å². The van der Waals surface area contributed by atoms with Crippen LogP contribution in [0.4, 0.5) is 10.5 Å². The Hall–Kier alpha value is -2.49. The molecule has 2 aromatic carbocycles. The summed E-state index contributed by atoms with van der Waals surface area (Å²) < 4.78 is 5.28. The maximum Gasteiger partial charge on any atom is 0.319 e. The zero-order chi connectivity index (χ0) is 15.4. The average molecular weight is 296 g/mol. The normalized spacial score (nSPS) is 16.5. The Morgan fingerprint density at radius 2 is 2.00 bits per heavy atom. The summed E-state index contributed by atoms with van der Waals surface area (Å²) in [7, 11) is 1.67. The van der Waals surface area contributed by atoms with E-state index in [2.05, 4.69) is 22.8 Å². The van der Waals surface area contributed by atoms with Crippen molar-refractivity contribution in [3.63, 3.8) is 0 Å². The minimum absolute atomic E-state index is 0.0540. The van der Waals surface area contributed by atoms with Crippen molar-refractivity contribution in [3.05, 3.63) is 59.7 Å². The molecule has 0 heterocycles. The van der Waals surface area contributed by atoms with Crippen LogP contribution in [0, 0.1) is 0 Å². The molecule has 0 radical (unpaired) electrons. The lowest BCUT2D eigenvalue weighted by Gasteiger charge is -2.26. The smallest absolute Gasteiger partial charge is 0.319 e. The number of carbonyl (C=O) groups excluding carboxylic acids is 1. The van der Waals surface area contributed by atoms with E-state index in [1.165, 1.54) is 11.1 Å². The van der Waals surface area contributed by atoms with E-state index in [1.54, 1.807) is 7.11 Å². The summed E-state index contributed by atoms with van der Waals surface area (Å²) in [6.45, 7) is 0. The van der Waals surface area contributed by atoms with E-state index in [4.69, 9.17) is 4.74 Å². The fourth-order valence-electron chi connectivity index (χ4n) is 2.91. The van der Waals surface area contributed by atoms with Crippen LogP contribution in [0.1, 0.15) is 30.0 Å². The quantitative estimate of drug-likeness (QED) is 0.902. The first-order chi connectivity index (χ1) is 10.8. The first kappa shape index (κ1) is 14.4. The number of aryl methyl sites for hydroxylation is 1. The Morgan fingerprint density at radius 3 is 2.77 bits per heavy atom. The molecular formula is C18H20N2O2. The van der Waals surface area contributed by atoms with Crippen molar-refractivity contribution < 1.29 is 9.53 Å². The number of hydrogen-bond acceptors (Lipinski definition) is 2. The molecule has 22 heavy (non-hydrogen) atoms. The third-order valence-corrected chi connectivity index (χ3v) is 4.00. The highest BCUT2D eigenvalue weighted by atomic mass is 16.5. The van der Waals surface area contributed by atoms with Crippen LogP contribution < -0.4 is 15.4 Å². The third kappa shape index (κ3) is 3.22. The molecule has 2 aromatic rings. The number of urea groups is 1. The number of rotatable bonds is 3. The molecule has 3 rings (SSSR count). The molecule has 0 aromatic heterocycles. The van der Waals surface area contributed by atoms with Crippen molar-refractivity contribution in [1.29, 1.82) is 0 Å². The van der Waals surface area contributed by atoms with Gasteiger partial charge in [0, 0.05) is 5.69 Å².